The van der Waals surface area contributed by atoms with Crippen molar-refractivity contribution in [1.82, 2.24) is 4.90 Å². The first-order chi connectivity index (χ1) is 8.23. The molecule has 1 aliphatic heterocycles. The zero-order valence-electron chi connectivity index (χ0n) is 9.98. The summed E-state index contributed by atoms with van der Waals surface area (Å²) >= 11 is 0. The molecule has 0 saturated carbocycles. The van der Waals surface area contributed by atoms with Gasteiger partial charge < -0.3 is 15.1 Å². The van der Waals surface area contributed by atoms with E-state index in [1.165, 1.54) is 12.2 Å². The van der Waals surface area contributed by atoms with Crippen LogP contribution in [0.25, 0.3) is 0 Å². The lowest BCUT2D eigenvalue weighted by Gasteiger charge is -2.41. The molecule has 3 unspecified atom stereocenters. The predicted molar refractivity (Wildman–Crippen MR) is 65.1 cm³/mol. The number of fused-ring (bicyclic) bond motifs is 1. The van der Waals surface area contributed by atoms with E-state index in [-0.39, 0.29) is 16.8 Å². The summed E-state index contributed by atoms with van der Waals surface area (Å²) in [4.78, 5) is 1.32. The maximum absolute atomic E-state index is 11.1. The van der Waals surface area contributed by atoms with E-state index in [1.54, 1.807) is 24.9 Å². The Hall–Kier alpha value is -1.31. The number of hydrogen-bond acceptors (Lipinski definition) is 5. The van der Waals surface area contributed by atoms with E-state index in [2.05, 4.69) is 0 Å². The Morgan fingerprint density at radius 2 is 2.00 bits per heavy atom. The lowest BCUT2D eigenvalue weighted by Crippen LogP contribution is -2.47. The van der Waals surface area contributed by atoms with Gasteiger partial charge in [-0.2, -0.15) is 8.42 Å². The highest BCUT2D eigenvalue weighted by Crippen LogP contribution is 2.35. The molecule has 3 N–H and O–H groups in total. The van der Waals surface area contributed by atoms with Crippen LogP contribution in [0.15, 0.2) is 34.6 Å². The Morgan fingerprint density at radius 3 is 2.56 bits per heavy atom. The molecule has 3 atom stereocenters. The third kappa shape index (κ3) is 1.94. The van der Waals surface area contributed by atoms with Crippen molar-refractivity contribution in [3.63, 3.8) is 0 Å². The van der Waals surface area contributed by atoms with Gasteiger partial charge in [0.05, 0.1) is 17.1 Å². The molecule has 2 aliphatic rings. The second-order valence-electron chi connectivity index (χ2n) is 4.53. The topological polar surface area (TPSA) is 98.1 Å². The molecule has 0 spiro atoms. The molecule has 0 aromatic rings. The minimum Gasteiger partial charge on any atom is -0.495 e. The summed E-state index contributed by atoms with van der Waals surface area (Å²) in [5, 5.41) is 19.8. The van der Waals surface area contributed by atoms with Crippen molar-refractivity contribution in [3.05, 3.63) is 34.6 Å². The average Bonchev–Trinajstić information content (AvgIpc) is 2.32. The average molecular weight is 273 g/mol. The lowest BCUT2D eigenvalue weighted by atomic mass is 9.83. The van der Waals surface area contributed by atoms with Crippen LogP contribution < -0.4 is 0 Å². The second kappa shape index (κ2) is 4.11. The monoisotopic (exact) mass is 273 g/mol. The molecule has 0 aromatic carbocycles. The first-order valence-electron chi connectivity index (χ1n) is 5.41. The molecule has 0 amide bonds. The predicted octanol–water partition coefficient (Wildman–Crippen LogP) is 0.409. The van der Waals surface area contributed by atoms with Gasteiger partial charge >= 0.3 is 0 Å². The zero-order valence-corrected chi connectivity index (χ0v) is 10.8. The van der Waals surface area contributed by atoms with Crippen molar-refractivity contribution in [1.29, 1.82) is 0 Å². The summed E-state index contributed by atoms with van der Waals surface area (Å²) in [6, 6.07) is -0.339. The first kappa shape index (κ1) is 13.1. The van der Waals surface area contributed by atoms with Crippen LogP contribution in [0.4, 0.5) is 0 Å². The minimum absolute atomic E-state index is 0.0166. The van der Waals surface area contributed by atoms with Gasteiger partial charge in [-0.05, 0) is 13.0 Å². The normalized spacial score (nSPS) is 32.3. The number of rotatable bonds is 1. The van der Waals surface area contributed by atoms with E-state index in [9.17, 15) is 18.6 Å². The number of allylic oxidation sites excluding steroid dienone is 1. The Bertz CT molecular complexity index is 560. The van der Waals surface area contributed by atoms with Crippen LogP contribution in [-0.2, 0) is 10.1 Å². The standard InChI is InChI=1S/C11H15NO5S/c1-6-10(13)8-5-7(18(15,16)17)3-4-9(8)12(2)11(6)14/h3-5,8-10,13-14H,1-2H3,(H,15,16,17). The lowest BCUT2D eigenvalue weighted by molar-refractivity contribution is 0.0636. The first-order valence-corrected chi connectivity index (χ1v) is 6.85. The van der Waals surface area contributed by atoms with Gasteiger partial charge in [0.25, 0.3) is 10.1 Å². The van der Waals surface area contributed by atoms with Crippen LogP contribution in [0, 0.1) is 5.92 Å². The van der Waals surface area contributed by atoms with Crippen LogP contribution in [0.5, 0.6) is 0 Å². The van der Waals surface area contributed by atoms with Crippen LogP contribution in [-0.4, -0.2) is 47.3 Å². The molecule has 18 heavy (non-hydrogen) atoms. The molecule has 0 saturated heterocycles. The fourth-order valence-corrected chi connectivity index (χ4v) is 2.92. The highest BCUT2D eigenvalue weighted by atomic mass is 32.2. The Kier molecular flexibility index (Phi) is 3.00. The fraction of sp³-hybridized carbons (Fsp3) is 0.455. The molecule has 100 valence electrons. The summed E-state index contributed by atoms with van der Waals surface area (Å²) in [6.07, 6.45) is 3.15. The van der Waals surface area contributed by atoms with Crippen LogP contribution in [0.2, 0.25) is 0 Å². The summed E-state index contributed by atoms with van der Waals surface area (Å²) in [5.74, 6) is -0.537. The van der Waals surface area contributed by atoms with Crippen molar-refractivity contribution < 1.29 is 23.2 Å². The van der Waals surface area contributed by atoms with E-state index in [0.29, 0.717) is 5.57 Å². The van der Waals surface area contributed by atoms with E-state index in [4.69, 9.17) is 4.55 Å². The van der Waals surface area contributed by atoms with Crippen LogP contribution >= 0.6 is 0 Å². The molecule has 1 aliphatic carbocycles. The molecule has 0 bridgehead atoms. The highest BCUT2D eigenvalue weighted by molar-refractivity contribution is 7.90. The number of hydrogen-bond donors (Lipinski definition) is 3. The SMILES string of the molecule is CC1=C(O)N(C)C2C=CC(S(=O)(=O)O)=CC2C1O. The molecule has 0 aromatic heterocycles. The van der Waals surface area contributed by atoms with Crippen LogP contribution in [0.1, 0.15) is 6.92 Å². The van der Waals surface area contributed by atoms with Crippen molar-refractivity contribution in [3.8, 4) is 0 Å². The van der Waals surface area contributed by atoms with Crippen molar-refractivity contribution in [2.45, 2.75) is 19.1 Å². The van der Waals surface area contributed by atoms with E-state index < -0.39 is 22.1 Å². The molecule has 7 heteroatoms. The van der Waals surface area contributed by atoms with Crippen LogP contribution in [0.3, 0.4) is 0 Å². The number of aliphatic hydroxyl groups excluding tert-OH is 2. The van der Waals surface area contributed by atoms with Gasteiger partial charge in [-0.15, -0.1) is 0 Å². The Morgan fingerprint density at radius 1 is 1.39 bits per heavy atom. The molecular weight excluding hydrogens is 258 g/mol. The van der Waals surface area contributed by atoms with Gasteiger partial charge in [-0.25, -0.2) is 0 Å². The van der Waals surface area contributed by atoms with Crippen molar-refractivity contribution >= 4 is 10.1 Å². The number of aliphatic hydroxyl groups is 2. The quantitative estimate of drug-likeness (QED) is 0.599. The maximum atomic E-state index is 11.1. The summed E-state index contributed by atoms with van der Waals surface area (Å²) in [5.41, 5.74) is 0.375. The second-order valence-corrected chi connectivity index (χ2v) is 5.96. The summed E-state index contributed by atoms with van der Waals surface area (Å²) < 4.78 is 31.1. The Balaban J connectivity index is 2.47. The third-order valence-electron chi connectivity index (χ3n) is 3.45. The Labute approximate surface area is 105 Å². The van der Waals surface area contributed by atoms with Gasteiger partial charge in [0.15, 0.2) is 5.88 Å². The van der Waals surface area contributed by atoms with Crippen molar-refractivity contribution in [2.24, 2.45) is 5.92 Å². The molecule has 0 fully saturated rings. The molecular formula is C11H15NO5S. The van der Waals surface area contributed by atoms with E-state index in [1.807, 2.05) is 0 Å². The molecule has 0 radical (unpaired) electrons. The number of likely N-dealkylation sites (N-methyl/N-ethyl adjacent to an activating group) is 1. The summed E-state index contributed by atoms with van der Waals surface area (Å²) in [6.45, 7) is 1.58. The van der Waals surface area contributed by atoms with Crippen molar-refractivity contribution in [2.75, 3.05) is 7.05 Å². The van der Waals surface area contributed by atoms with Gasteiger partial charge in [0.1, 0.15) is 0 Å². The number of nitrogens with zero attached hydrogens (tertiary/aromatic N) is 1. The molecule has 1 heterocycles. The molecule has 6 nitrogen and oxygen atoms in total. The minimum atomic E-state index is -4.28. The highest BCUT2D eigenvalue weighted by Gasteiger charge is 2.39. The largest absolute Gasteiger partial charge is 0.495 e. The molecule has 2 rings (SSSR count). The van der Waals surface area contributed by atoms with Gasteiger partial charge in [0, 0.05) is 18.5 Å². The van der Waals surface area contributed by atoms with Gasteiger partial charge in [-0.3, -0.25) is 4.55 Å². The van der Waals surface area contributed by atoms with E-state index >= 15 is 0 Å². The summed E-state index contributed by atoms with van der Waals surface area (Å²) in [7, 11) is -2.63. The smallest absolute Gasteiger partial charge is 0.294 e. The van der Waals surface area contributed by atoms with Gasteiger partial charge in [-0.1, -0.05) is 12.2 Å². The van der Waals surface area contributed by atoms with E-state index in [0.717, 1.165) is 0 Å². The third-order valence-corrected chi connectivity index (χ3v) is 4.32. The maximum Gasteiger partial charge on any atom is 0.294 e. The zero-order chi connectivity index (χ0) is 13.7. The fourth-order valence-electron chi connectivity index (χ4n) is 2.34. The van der Waals surface area contributed by atoms with Gasteiger partial charge in [0.2, 0.25) is 0 Å².